The second kappa shape index (κ2) is 6.40. The molecule has 0 unspecified atom stereocenters. The highest BCUT2D eigenvalue weighted by Crippen LogP contribution is 2.32. The van der Waals surface area contributed by atoms with E-state index in [1.54, 1.807) is 0 Å². The van der Waals surface area contributed by atoms with E-state index < -0.39 is 0 Å². The van der Waals surface area contributed by atoms with Crippen molar-refractivity contribution in [2.75, 3.05) is 13.1 Å². The molecule has 0 aliphatic carbocycles. The fraction of sp³-hybridized carbons (Fsp3) is 0.471. The van der Waals surface area contributed by atoms with Crippen molar-refractivity contribution in [1.29, 1.82) is 0 Å². The molecule has 0 bridgehead atoms. The van der Waals surface area contributed by atoms with Gasteiger partial charge in [0, 0.05) is 24.7 Å². The van der Waals surface area contributed by atoms with Gasteiger partial charge in [-0.15, -0.1) is 0 Å². The van der Waals surface area contributed by atoms with Gasteiger partial charge in [-0.05, 0) is 19.8 Å². The maximum absolute atomic E-state index is 12.2. The molecule has 0 saturated carbocycles. The van der Waals surface area contributed by atoms with Crippen molar-refractivity contribution < 1.29 is 9.32 Å². The Labute approximate surface area is 135 Å². The van der Waals surface area contributed by atoms with E-state index in [1.807, 2.05) is 49.1 Å². The lowest BCUT2D eigenvalue weighted by Gasteiger charge is -2.18. The van der Waals surface area contributed by atoms with Gasteiger partial charge in [0.05, 0.1) is 5.92 Å². The van der Waals surface area contributed by atoms with Crippen LogP contribution in [0.2, 0.25) is 0 Å². The van der Waals surface area contributed by atoms with Crippen LogP contribution in [0.25, 0.3) is 11.4 Å². The van der Waals surface area contributed by atoms with E-state index in [0.717, 1.165) is 5.56 Å². The summed E-state index contributed by atoms with van der Waals surface area (Å²) >= 11 is 0. The largest absolute Gasteiger partial charge is 0.339 e. The molecule has 2 aromatic rings. The van der Waals surface area contributed by atoms with Gasteiger partial charge in [0.15, 0.2) is 0 Å². The van der Waals surface area contributed by atoms with Crippen LogP contribution in [0.4, 0.5) is 4.79 Å². The molecular weight excluding hydrogens is 292 g/mol. The number of likely N-dealkylation sites (tertiary alicyclic amines) is 1. The van der Waals surface area contributed by atoms with Crippen LogP contribution in [-0.2, 0) is 0 Å². The third-order valence-corrected chi connectivity index (χ3v) is 4.10. The summed E-state index contributed by atoms with van der Waals surface area (Å²) in [6.07, 6.45) is 0. The number of amides is 2. The molecule has 1 fully saturated rings. The summed E-state index contributed by atoms with van der Waals surface area (Å²) in [6.45, 7) is 7.33. The van der Waals surface area contributed by atoms with E-state index in [0.29, 0.717) is 24.8 Å². The SMILES string of the molecule is CC(C)NC(=O)N1C[C@H](c2nc(-c3ccccc3)no2)[C@@H](C)C1. The zero-order chi connectivity index (χ0) is 16.4. The molecule has 1 aliphatic heterocycles. The monoisotopic (exact) mass is 314 g/mol. The molecular formula is C17H22N4O2. The van der Waals surface area contributed by atoms with Crippen molar-refractivity contribution in [2.24, 2.45) is 5.92 Å². The molecule has 1 saturated heterocycles. The quantitative estimate of drug-likeness (QED) is 0.945. The first-order valence-electron chi connectivity index (χ1n) is 7.99. The number of nitrogens with one attached hydrogen (secondary N) is 1. The molecule has 2 amide bonds. The van der Waals surface area contributed by atoms with Crippen molar-refractivity contribution in [2.45, 2.75) is 32.7 Å². The van der Waals surface area contributed by atoms with Gasteiger partial charge < -0.3 is 14.7 Å². The van der Waals surface area contributed by atoms with Crippen LogP contribution in [0.15, 0.2) is 34.9 Å². The number of rotatable bonds is 3. The molecule has 2 atom stereocenters. The number of aromatic nitrogens is 2. The van der Waals surface area contributed by atoms with Gasteiger partial charge in [-0.1, -0.05) is 42.4 Å². The Morgan fingerprint density at radius 1 is 1.30 bits per heavy atom. The van der Waals surface area contributed by atoms with E-state index >= 15 is 0 Å². The number of benzene rings is 1. The van der Waals surface area contributed by atoms with Gasteiger partial charge >= 0.3 is 6.03 Å². The second-order valence-corrected chi connectivity index (χ2v) is 6.42. The van der Waals surface area contributed by atoms with E-state index in [4.69, 9.17) is 4.52 Å². The Morgan fingerprint density at radius 2 is 2.04 bits per heavy atom. The summed E-state index contributed by atoms with van der Waals surface area (Å²) < 4.78 is 5.46. The summed E-state index contributed by atoms with van der Waals surface area (Å²) in [6, 6.07) is 9.85. The minimum absolute atomic E-state index is 0.0304. The number of carbonyl (C=O) groups is 1. The molecule has 23 heavy (non-hydrogen) atoms. The normalized spacial score (nSPS) is 21.0. The summed E-state index contributed by atoms with van der Waals surface area (Å²) in [7, 11) is 0. The Bertz CT molecular complexity index is 668. The number of nitrogens with zero attached hydrogens (tertiary/aromatic N) is 3. The van der Waals surface area contributed by atoms with Crippen molar-refractivity contribution in [1.82, 2.24) is 20.4 Å². The Morgan fingerprint density at radius 3 is 2.74 bits per heavy atom. The van der Waals surface area contributed by atoms with Crippen molar-refractivity contribution >= 4 is 6.03 Å². The first-order chi connectivity index (χ1) is 11.0. The fourth-order valence-electron chi connectivity index (χ4n) is 2.88. The minimum Gasteiger partial charge on any atom is -0.339 e. The summed E-state index contributed by atoms with van der Waals surface area (Å²) in [5.74, 6) is 1.57. The van der Waals surface area contributed by atoms with E-state index in [1.165, 1.54) is 0 Å². The molecule has 6 nitrogen and oxygen atoms in total. The van der Waals surface area contributed by atoms with Crippen LogP contribution in [-0.4, -0.2) is 40.2 Å². The fourth-order valence-corrected chi connectivity index (χ4v) is 2.88. The van der Waals surface area contributed by atoms with E-state index in [2.05, 4.69) is 22.4 Å². The standard InChI is InChI=1S/C17H22N4O2/c1-11(2)18-17(22)21-9-12(3)14(10-21)16-19-15(20-23-16)13-7-5-4-6-8-13/h4-8,11-12,14H,9-10H2,1-3H3,(H,18,22)/t12-,14-/m0/s1. The highest BCUT2D eigenvalue weighted by Gasteiger charge is 2.37. The van der Waals surface area contributed by atoms with Crippen molar-refractivity contribution in [3.05, 3.63) is 36.2 Å². The molecule has 1 N–H and O–H groups in total. The Kier molecular flexibility index (Phi) is 4.32. The summed E-state index contributed by atoms with van der Waals surface area (Å²) in [5, 5.41) is 7.01. The van der Waals surface area contributed by atoms with E-state index in [-0.39, 0.29) is 23.9 Å². The maximum atomic E-state index is 12.2. The predicted molar refractivity (Wildman–Crippen MR) is 86.9 cm³/mol. The Balaban J connectivity index is 1.73. The molecule has 1 aromatic carbocycles. The first-order valence-corrected chi connectivity index (χ1v) is 7.99. The van der Waals surface area contributed by atoms with E-state index in [9.17, 15) is 4.79 Å². The average Bonchev–Trinajstić information content (AvgIpc) is 3.14. The number of carbonyl (C=O) groups excluding carboxylic acids is 1. The third kappa shape index (κ3) is 3.36. The van der Waals surface area contributed by atoms with Crippen molar-refractivity contribution in [3.63, 3.8) is 0 Å². The van der Waals surface area contributed by atoms with Gasteiger partial charge in [-0.25, -0.2) is 4.79 Å². The molecule has 6 heteroatoms. The topological polar surface area (TPSA) is 71.3 Å². The van der Waals surface area contributed by atoms with Crippen LogP contribution >= 0.6 is 0 Å². The lowest BCUT2D eigenvalue weighted by Crippen LogP contribution is -2.41. The molecule has 1 aliphatic rings. The number of hydrogen-bond acceptors (Lipinski definition) is 4. The maximum Gasteiger partial charge on any atom is 0.317 e. The molecule has 1 aromatic heterocycles. The zero-order valence-corrected chi connectivity index (χ0v) is 13.7. The third-order valence-electron chi connectivity index (χ3n) is 4.10. The Hall–Kier alpha value is -2.37. The van der Waals surface area contributed by atoms with Gasteiger partial charge in [-0.2, -0.15) is 4.98 Å². The molecule has 3 rings (SSSR count). The van der Waals surface area contributed by atoms with Crippen molar-refractivity contribution in [3.8, 4) is 11.4 Å². The van der Waals surface area contributed by atoms with Gasteiger partial charge in [-0.3, -0.25) is 0 Å². The van der Waals surface area contributed by atoms with Crippen LogP contribution < -0.4 is 5.32 Å². The number of hydrogen-bond donors (Lipinski definition) is 1. The van der Waals surface area contributed by atoms with Crippen LogP contribution in [0.1, 0.15) is 32.6 Å². The number of urea groups is 1. The predicted octanol–water partition coefficient (Wildman–Crippen LogP) is 2.89. The van der Waals surface area contributed by atoms with Crippen LogP contribution in [0, 0.1) is 5.92 Å². The summed E-state index contributed by atoms with van der Waals surface area (Å²) in [4.78, 5) is 18.5. The first kappa shape index (κ1) is 15.5. The second-order valence-electron chi connectivity index (χ2n) is 6.42. The lowest BCUT2D eigenvalue weighted by molar-refractivity contribution is 0.204. The minimum atomic E-state index is -0.0304. The smallest absolute Gasteiger partial charge is 0.317 e. The average molecular weight is 314 g/mol. The summed E-state index contributed by atoms with van der Waals surface area (Å²) in [5.41, 5.74) is 0.933. The zero-order valence-electron chi connectivity index (χ0n) is 13.7. The molecule has 0 spiro atoms. The lowest BCUT2D eigenvalue weighted by atomic mass is 9.98. The molecule has 2 heterocycles. The van der Waals surface area contributed by atoms with Gasteiger partial charge in [0.25, 0.3) is 0 Å². The molecule has 122 valence electrons. The van der Waals surface area contributed by atoms with Gasteiger partial charge in [0.2, 0.25) is 11.7 Å². The van der Waals surface area contributed by atoms with Crippen LogP contribution in [0.3, 0.4) is 0 Å². The highest BCUT2D eigenvalue weighted by atomic mass is 16.5. The highest BCUT2D eigenvalue weighted by molar-refractivity contribution is 5.75. The van der Waals surface area contributed by atoms with Crippen LogP contribution in [0.5, 0.6) is 0 Å². The van der Waals surface area contributed by atoms with Gasteiger partial charge in [0.1, 0.15) is 0 Å². The molecule has 0 radical (unpaired) electrons.